The second kappa shape index (κ2) is 9.25. The number of hydrogen-bond acceptors (Lipinski definition) is 5. The van der Waals surface area contributed by atoms with Crippen molar-refractivity contribution in [1.29, 1.82) is 0 Å². The summed E-state index contributed by atoms with van der Waals surface area (Å²) in [5.74, 6) is -0.287. The summed E-state index contributed by atoms with van der Waals surface area (Å²) in [7, 11) is 1.60. The largest absolute Gasteiger partial charge is 0.383 e. The van der Waals surface area contributed by atoms with E-state index in [-0.39, 0.29) is 11.8 Å². The zero-order chi connectivity index (χ0) is 19.9. The smallest absolute Gasteiger partial charge is 0.252 e. The van der Waals surface area contributed by atoms with Crippen molar-refractivity contribution >= 4 is 50.3 Å². The number of rotatable bonds is 7. The van der Waals surface area contributed by atoms with E-state index in [0.717, 1.165) is 15.8 Å². The lowest BCUT2D eigenvalue weighted by Gasteiger charge is -2.17. The van der Waals surface area contributed by atoms with Gasteiger partial charge < -0.3 is 10.1 Å². The first-order valence-electron chi connectivity index (χ1n) is 8.78. The minimum Gasteiger partial charge on any atom is -0.383 e. The summed E-state index contributed by atoms with van der Waals surface area (Å²) in [6.45, 7) is 2.30. The van der Waals surface area contributed by atoms with Crippen LogP contribution in [-0.2, 0) is 14.3 Å². The fourth-order valence-electron chi connectivity index (χ4n) is 2.60. The van der Waals surface area contributed by atoms with E-state index in [1.165, 1.54) is 24.3 Å². The number of methoxy groups -OCH3 is 1. The molecule has 0 atom stereocenters. The Bertz CT molecular complexity index is 963. The van der Waals surface area contributed by atoms with Gasteiger partial charge in [-0.3, -0.25) is 14.5 Å². The van der Waals surface area contributed by atoms with Gasteiger partial charge in [0.2, 0.25) is 5.91 Å². The van der Waals surface area contributed by atoms with E-state index in [1.807, 2.05) is 36.4 Å². The molecule has 3 aromatic rings. The van der Waals surface area contributed by atoms with Gasteiger partial charge in [0, 0.05) is 25.8 Å². The monoisotopic (exact) mass is 395 g/mol. The summed E-state index contributed by atoms with van der Waals surface area (Å²) in [6, 6.07) is 15.1. The number of thiazole rings is 1. The standard InChI is InChI=1S/C21H21N3O3S/c1-15(25)22-17-10-7-16(8-11-17)9-12-20(26)24(13-14-27-2)21-23-18-5-3-4-6-19(18)28-21/h3-12H,13-14H2,1-2H3,(H,22,25)/b12-9+. The Labute approximate surface area is 167 Å². The lowest BCUT2D eigenvalue weighted by molar-refractivity contribution is -0.115. The molecule has 1 aromatic heterocycles. The van der Waals surface area contributed by atoms with Gasteiger partial charge in [0.05, 0.1) is 23.4 Å². The Kier molecular flexibility index (Phi) is 6.52. The maximum Gasteiger partial charge on any atom is 0.252 e. The molecule has 0 saturated carbocycles. The molecule has 2 aromatic carbocycles. The third-order valence-electron chi connectivity index (χ3n) is 3.95. The van der Waals surface area contributed by atoms with Crippen LogP contribution in [0.15, 0.2) is 54.6 Å². The van der Waals surface area contributed by atoms with Crippen LogP contribution >= 0.6 is 11.3 Å². The Morgan fingerprint density at radius 1 is 1.18 bits per heavy atom. The van der Waals surface area contributed by atoms with Gasteiger partial charge >= 0.3 is 0 Å². The Morgan fingerprint density at radius 3 is 2.61 bits per heavy atom. The van der Waals surface area contributed by atoms with Gasteiger partial charge in [-0.1, -0.05) is 35.6 Å². The van der Waals surface area contributed by atoms with Crippen LogP contribution in [0.1, 0.15) is 12.5 Å². The van der Waals surface area contributed by atoms with E-state index in [2.05, 4.69) is 10.3 Å². The maximum atomic E-state index is 12.8. The molecule has 0 fully saturated rings. The van der Waals surface area contributed by atoms with Crippen LogP contribution in [0.5, 0.6) is 0 Å². The molecule has 0 saturated heterocycles. The normalized spacial score (nSPS) is 11.1. The first-order valence-corrected chi connectivity index (χ1v) is 9.60. The van der Waals surface area contributed by atoms with E-state index < -0.39 is 0 Å². The Balaban J connectivity index is 1.77. The number of ether oxygens (including phenoxy) is 1. The van der Waals surface area contributed by atoms with Crippen molar-refractivity contribution in [1.82, 2.24) is 4.98 Å². The second-order valence-electron chi connectivity index (χ2n) is 6.08. The molecule has 28 heavy (non-hydrogen) atoms. The predicted molar refractivity (Wildman–Crippen MR) is 114 cm³/mol. The number of carbonyl (C=O) groups excluding carboxylic acids is 2. The van der Waals surface area contributed by atoms with Crippen LogP contribution in [0.3, 0.4) is 0 Å². The molecule has 144 valence electrons. The highest BCUT2D eigenvalue weighted by molar-refractivity contribution is 7.22. The molecule has 3 rings (SSSR count). The topological polar surface area (TPSA) is 71.5 Å². The number of amides is 2. The molecule has 6 nitrogen and oxygen atoms in total. The molecular formula is C21H21N3O3S. The van der Waals surface area contributed by atoms with Crippen molar-refractivity contribution in [3.05, 3.63) is 60.2 Å². The van der Waals surface area contributed by atoms with Gasteiger partial charge in [0.25, 0.3) is 5.91 Å². The molecule has 1 N–H and O–H groups in total. The summed E-state index contributed by atoms with van der Waals surface area (Å²) in [6.07, 6.45) is 3.27. The van der Waals surface area contributed by atoms with Crippen LogP contribution in [0.25, 0.3) is 16.3 Å². The van der Waals surface area contributed by atoms with Crippen molar-refractivity contribution in [2.24, 2.45) is 0 Å². The fraction of sp³-hybridized carbons (Fsp3) is 0.190. The van der Waals surface area contributed by atoms with Crippen LogP contribution in [0, 0.1) is 0 Å². The first kappa shape index (κ1) is 19.7. The average Bonchev–Trinajstić information content (AvgIpc) is 3.11. The van der Waals surface area contributed by atoms with Gasteiger partial charge in [0.15, 0.2) is 5.13 Å². The summed E-state index contributed by atoms with van der Waals surface area (Å²) >= 11 is 1.48. The van der Waals surface area contributed by atoms with Gasteiger partial charge in [0.1, 0.15) is 0 Å². The fourth-order valence-corrected chi connectivity index (χ4v) is 3.59. The van der Waals surface area contributed by atoms with Crippen molar-refractivity contribution in [3.8, 4) is 0 Å². The number of benzene rings is 2. The Morgan fingerprint density at radius 2 is 1.93 bits per heavy atom. The van der Waals surface area contributed by atoms with Crippen LogP contribution in [-0.4, -0.2) is 37.1 Å². The molecule has 0 spiro atoms. The van der Waals surface area contributed by atoms with Crippen molar-refractivity contribution in [3.63, 3.8) is 0 Å². The molecule has 0 aliphatic heterocycles. The second-order valence-corrected chi connectivity index (χ2v) is 7.09. The minimum absolute atomic E-state index is 0.122. The number of hydrogen-bond donors (Lipinski definition) is 1. The predicted octanol–water partition coefficient (Wildman–Crippen LogP) is 3.95. The number of nitrogens with zero attached hydrogens (tertiary/aromatic N) is 2. The lowest BCUT2D eigenvalue weighted by Crippen LogP contribution is -2.32. The Hall–Kier alpha value is -3.03. The van der Waals surface area contributed by atoms with E-state index in [9.17, 15) is 9.59 Å². The lowest BCUT2D eigenvalue weighted by atomic mass is 10.2. The van der Waals surface area contributed by atoms with Crippen molar-refractivity contribution in [2.75, 3.05) is 30.5 Å². The number of nitrogens with one attached hydrogen (secondary N) is 1. The van der Waals surface area contributed by atoms with Crippen LogP contribution in [0.4, 0.5) is 10.8 Å². The van der Waals surface area contributed by atoms with Gasteiger partial charge in [-0.05, 0) is 35.9 Å². The molecule has 0 radical (unpaired) electrons. The SMILES string of the molecule is COCCN(C(=O)/C=C/c1ccc(NC(C)=O)cc1)c1nc2ccccc2s1. The number of anilines is 2. The van der Waals surface area contributed by atoms with E-state index in [4.69, 9.17) is 4.74 Å². The third kappa shape index (κ3) is 5.03. The van der Waals surface area contributed by atoms with Gasteiger partial charge in [-0.2, -0.15) is 0 Å². The zero-order valence-corrected chi connectivity index (χ0v) is 16.5. The average molecular weight is 395 g/mol. The highest BCUT2D eigenvalue weighted by atomic mass is 32.1. The van der Waals surface area contributed by atoms with E-state index in [1.54, 1.807) is 30.2 Å². The van der Waals surface area contributed by atoms with E-state index in [0.29, 0.717) is 24.0 Å². The highest BCUT2D eigenvalue weighted by Crippen LogP contribution is 2.28. The molecule has 0 bridgehead atoms. The van der Waals surface area contributed by atoms with Gasteiger partial charge in [-0.15, -0.1) is 0 Å². The minimum atomic E-state index is -0.165. The maximum absolute atomic E-state index is 12.8. The molecular weight excluding hydrogens is 374 g/mol. The molecule has 0 aliphatic rings. The summed E-state index contributed by atoms with van der Waals surface area (Å²) in [4.78, 5) is 30.1. The summed E-state index contributed by atoms with van der Waals surface area (Å²) in [5, 5.41) is 3.36. The molecule has 7 heteroatoms. The molecule has 1 heterocycles. The molecule has 2 amide bonds. The summed E-state index contributed by atoms with van der Waals surface area (Å²) in [5.41, 5.74) is 2.45. The van der Waals surface area contributed by atoms with Gasteiger partial charge in [-0.25, -0.2) is 4.98 Å². The quantitative estimate of drug-likeness (QED) is 0.615. The number of para-hydroxylation sites is 1. The van der Waals surface area contributed by atoms with Crippen molar-refractivity contribution < 1.29 is 14.3 Å². The van der Waals surface area contributed by atoms with Crippen molar-refractivity contribution in [2.45, 2.75) is 6.92 Å². The van der Waals surface area contributed by atoms with E-state index >= 15 is 0 Å². The molecule has 0 unspecified atom stereocenters. The highest BCUT2D eigenvalue weighted by Gasteiger charge is 2.17. The number of fused-ring (bicyclic) bond motifs is 1. The molecule has 0 aliphatic carbocycles. The third-order valence-corrected chi connectivity index (χ3v) is 5.01. The first-order chi connectivity index (χ1) is 13.6. The zero-order valence-electron chi connectivity index (χ0n) is 15.7. The number of aromatic nitrogens is 1. The summed E-state index contributed by atoms with van der Waals surface area (Å²) < 4.78 is 6.18. The van der Waals surface area contributed by atoms with Crippen LogP contribution in [0.2, 0.25) is 0 Å². The number of carbonyl (C=O) groups is 2. The van der Waals surface area contributed by atoms with Crippen LogP contribution < -0.4 is 10.2 Å².